The number of nitrogens with one attached hydrogen (secondary N) is 3. The summed E-state index contributed by atoms with van der Waals surface area (Å²) in [7, 11) is -3.48. The van der Waals surface area contributed by atoms with Gasteiger partial charge in [-0.05, 0) is 30.7 Å². The van der Waals surface area contributed by atoms with Crippen LogP contribution in [-0.4, -0.2) is 24.9 Å². The lowest BCUT2D eigenvalue weighted by Crippen LogP contribution is -2.25. The average molecular weight is 295 g/mol. The van der Waals surface area contributed by atoms with Gasteiger partial charge in [-0.15, -0.1) is 0 Å². The maximum Gasteiger partial charge on any atom is 0.240 e. The molecule has 8 heteroatoms. The molecule has 0 aliphatic heterocycles. The van der Waals surface area contributed by atoms with Gasteiger partial charge in [-0.2, -0.15) is 0 Å². The second kappa shape index (κ2) is 6.51. The van der Waals surface area contributed by atoms with E-state index in [-0.39, 0.29) is 4.90 Å². The van der Waals surface area contributed by atoms with E-state index < -0.39 is 10.0 Å². The van der Waals surface area contributed by atoms with Crippen LogP contribution in [0.1, 0.15) is 12.2 Å². The van der Waals surface area contributed by atoms with Crippen LogP contribution in [0.25, 0.3) is 0 Å². The van der Waals surface area contributed by atoms with Crippen LogP contribution < -0.4 is 16.0 Å². The van der Waals surface area contributed by atoms with Gasteiger partial charge in [-0.1, -0.05) is 0 Å². The van der Waals surface area contributed by atoms with Crippen LogP contribution >= 0.6 is 0 Å². The fourth-order valence-corrected chi connectivity index (χ4v) is 2.78. The van der Waals surface area contributed by atoms with Crippen LogP contribution in [0.3, 0.4) is 0 Å². The zero-order chi connectivity index (χ0) is 14.4. The highest BCUT2D eigenvalue weighted by atomic mass is 32.2. The molecule has 7 nitrogen and oxygen atoms in total. The summed E-state index contributed by atoms with van der Waals surface area (Å²) < 4.78 is 26.6. The van der Waals surface area contributed by atoms with Crippen molar-refractivity contribution in [3.8, 4) is 0 Å². The van der Waals surface area contributed by atoms with Crippen molar-refractivity contribution >= 4 is 15.7 Å². The molecule has 2 rings (SSSR count). The van der Waals surface area contributed by atoms with Gasteiger partial charge in [0.15, 0.2) is 0 Å². The van der Waals surface area contributed by atoms with Gasteiger partial charge in [-0.25, -0.2) is 18.1 Å². The van der Waals surface area contributed by atoms with Crippen molar-refractivity contribution < 1.29 is 8.42 Å². The van der Waals surface area contributed by atoms with E-state index in [0.29, 0.717) is 25.1 Å². The number of rotatable bonds is 7. The van der Waals surface area contributed by atoms with Crippen molar-refractivity contribution in [3.63, 3.8) is 0 Å². The number of nitrogens with zero attached hydrogens (tertiary/aromatic N) is 1. The smallest absolute Gasteiger partial charge is 0.240 e. The number of nitrogen functional groups attached to an aromatic ring is 1. The Labute approximate surface area is 117 Å². The molecule has 0 saturated carbocycles. The highest BCUT2D eigenvalue weighted by Crippen LogP contribution is 2.12. The van der Waals surface area contributed by atoms with E-state index in [4.69, 9.17) is 5.84 Å². The Hall–Kier alpha value is -1.90. The first-order valence-corrected chi connectivity index (χ1v) is 7.65. The Balaban J connectivity index is 1.86. The molecule has 0 saturated heterocycles. The third-order valence-electron chi connectivity index (χ3n) is 2.77. The largest absolute Gasteiger partial charge is 0.349 e. The number of aromatic amines is 1. The number of imidazole rings is 1. The lowest BCUT2D eigenvalue weighted by molar-refractivity contribution is 0.578. The van der Waals surface area contributed by atoms with E-state index in [1.165, 1.54) is 12.1 Å². The molecule has 108 valence electrons. The summed E-state index contributed by atoms with van der Waals surface area (Å²) >= 11 is 0. The van der Waals surface area contributed by atoms with Gasteiger partial charge in [0, 0.05) is 31.0 Å². The minimum absolute atomic E-state index is 0.217. The molecule has 1 aromatic carbocycles. The molecular formula is C12H17N5O2S. The van der Waals surface area contributed by atoms with Crippen LogP contribution in [0, 0.1) is 0 Å². The molecule has 0 aliphatic carbocycles. The maximum atomic E-state index is 12.0. The number of hydrogen-bond acceptors (Lipinski definition) is 5. The Kier molecular flexibility index (Phi) is 4.72. The van der Waals surface area contributed by atoms with Crippen LogP contribution in [0.4, 0.5) is 5.69 Å². The fourth-order valence-electron chi connectivity index (χ4n) is 1.71. The highest BCUT2D eigenvalue weighted by molar-refractivity contribution is 7.89. The van der Waals surface area contributed by atoms with Crippen molar-refractivity contribution in [2.45, 2.75) is 17.7 Å². The first-order chi connectivity index (χ1) is 9.62. The lowest BCUT2D eigenvalue weighted by atomic mass is 10.3. The van der Waals surface area contributed by atoms with Gasteiger partial charge in [0.2, 0.25) is 10.0 Å². The van der Waals surface area contributed by atoms with Gasteiger partial charge in [-0.3, -0.25) is 5.84 Å². The van der Waals surface area contributed by atoms with Crippen molar-refractivity contribution in [3.05, 3.63) is 42.5 Å². The quantitative estimate of drug-likeness (QED) is 0.339. The summed E-state index contributed by atoms with van der Waals surface area (Å²) in [5.74, 6) is 6.08. The van der Waals surface area contributed by atoms with Crippen LogP contribution in [0.15, 0.2) is 41.6 Å². The van der Waals surface area contributed by atoms with Gasteiger partial charge < -0.3 is 10.4 Å². The molecule has 0 bridgehead atoms. The predicted molar refractivity (Wildman–Crippen MR) is 76.3 cm³/mol. The third kappa shape index (κ3) is 3.80. The van der Waals surface area contributed by atoms with Gasteiger partial charge in [0.25, 0.3) is 0 Å². The SMILES string of the molecule is NNc1ccc(S(=O)(=O)NCCCc2ncc[nH]2)cc1. The molecule has 0 aliphatic rings. The molecule has 5 N–H and O–H groups in total. The lowest BCUT2D eigenvalue weighted by Gasteiger charge is -2.07. The van der Waals surface area contributed by atoms with E-state index in [1.54, 1.807) is 24.5 Å². The van der Waals surface area contributed by atoms with Crippen molar-refractivity contribution in [2.24, 2.45) is 5.84 Å². The van der Waals surface area contributed by atoms with Crippen LogP contribution in [0.2, 0.25) is 0 Å². The molecule has 20 heavy (non-hydrogen) atoms. The first-order valence-electron chi connectivity index (χ1n) is 6.16. The average Bonchev–Trinajstić information content (AvgIpc) is 2.97. The van der Waals surface area contributed by atoms with Crippen LogP contribution in [-0.2, 0) is 16.4 Å². The zero-order valence-electron chi connectivity index (χ0n) is 10.8. The van der Waals surface area contributed by atoms with E-state index in [1.807, 2.05) is 0 Å². The van der Waals surface area contributed by atoms with E-state index in [2.05, 4.69) is 20.1 Å². The predicted octanol–water partition coefficient (Wildman–Crippen LogP) is 0.606. The van der Waals surface area contributed by atoms with Crippen molar-refractivity contribution in [1.82, 2.24) is 14.7 Å². The first kappa shape index (κ1) is 14.5. The number of sulfonamides is 1. The molecule has 0 atom stereocenters. The van der Waals surface area contributed by atoms with Gasteiger partial charge in [0.05, 0.1) is 4.90 Å². The highest BCUT2D eigenvalue weighted by Gasteiger charge is 2.12. The zero-order valence-corrected chi connectivity index (χ0v) is 11.7. The summed E-state index contributed by atoms with van der Waals surface area (Å²) in [6.07, 6.45) is 4.79. The van der Waals surface area contributed by atoms with E-state index >= 15 is 0 Å². The van der Waals surface area contributed by atoms with Gasteiger partial charge in [0.1, 0.15) is 5.82 Å². The summed E-state index contributed by atoms with van der Waals surface area (Å²) in [5, 5.41) is 0. The van der Waals surface area contributed by atoms with E-state index in [9.17, 15) is 8.42 Å². The fraction of sp³-hybridized carbons (Fsp3) is 0.250. The molecule has 2 aromatic rings. The standard InChI is InChI=1S/C12H17N5O2S/c13-17-10-3-5-11(6-4-10)20(18,19)16-7-1-2-12-14-8-9-15-12/h3-6,8-9,16-17H,1-2,7,13H2,(H,14,15). The summed E-state index contributed by atoms with van der Waals surface area (Å²) in [6.45, 7) is 0.361. The Morgan fingerprint density at radius 1 is 1.25 bits per heavy atom. The second-order valence-corrected chi connectivity index (χ2v) is 5.97. The number of aryl methyl sites for hydroxylation is 1. The Morgan fingerprint density at radius 2 is 2.00 bits per heavy atom. The van der Waals surface area contributed by atoms with Crippen molar-refractivity contribution in [2.75, 3.05) is 12.0 Å². The number of benzene rings is 1. The molecule has 0 amide bonds. The second-order valence-electron chi connectivity index (χ2n) is 4.21. The number of H-pyrrole nitrogens is 1. The monoisotopic (exact) mass is 295 g/mol. The molecule has 0 fully saturated rings. The van der Waals surface area contributed by atoms with Crippen LogP contribution in [0.5, 0.6) is 0 Å². The number of nitrogens with two attached hydrogens (primary N) is 1. The molecular weight excluding hydrogens is 278 g/mol. The molecule has 0 radical (unpaired) electrons. The van der Waals surface area contributed by atoms with Gasteiger partial charge >= 0.3 is 0 Å². The third-order valence-corrected chi connectivity index (χ3v) is 4.25. The molecule has 1 heterocycles. The van der Waals surface area contributed by atoms with Crippen molar-refractivity contribution in [1.29, 1.82) is 0 Å². The topological polar surface area (TPSA) is 113 Å². The summed E-state index contributed by atoms with van der Waals surface area (Å²) in [6, 6.07) is 6.23. The Morgan fingerprint density at radius 3 is 2.60 bits per heavy atom. The number of hydrogen-bond donors (Lipinski definition) is 4. The maximum absolute atomic E-state index is 12.0. The summed E-state index contributed by atoms with van der Waals surface area (Å²) in [5.41, 5.74) is 3.10. The molecule has 0 spiro atoms. The number of aromatic nitrogens is 2. The number of anilines is 1. The normalized spacial score (nSPS) is 11.4. The molecule has 0 unspecified atom stereocenters. The minimum atomic E-state index is -3.48. The number of hydrazine groups is 1. The molecule has 1 aromatic heterocycles. The minimum Gasteiger partial charge on any atom is -0.349 e. The van der Waals surface area contributed by atoms with E-state index in [0.717, 1.165) is 5.82 Å². The summed E-state index contributed by atoms with van der Waals surface area (Å²) in [4.78, 5) is 7.27. The Bertz CT molecular complexity index is 622.